The molecule has 0 saturated carbocycles. The van der Waals surface area contributed by atoms with Crippen LogP contribution in [-0.2, 0) is 24.3 Å². The summed E-state index contributed by atoms with van der Waals surface area (Å²) < 4.78 is 34.6. The van der Waals surface area contributed by atoms with Crippen molar-refractivity contribution in [1.29, 1.82) is 0 Å². The summed E-state index contributed by atoms with van der Waals surface area (Å²) >= 11 is 0. The van der Waals surface area contributed by atoms with Crippen molar-refractivity contribution in [1.82, 2.24) is 20.4 Å². The van der Waals surface area contributed by atoms with Crippen LogP contribution in [0.1, 0.15) is 25.7 Å². The lowest BCUT2D eigenvalue weighted by Gasteiger charge is -2.30. The van der Waals surface area contributed by atoms with Crippen LogP contribution < -0.4 is 5.43 Å². The van der Waals surface area contributed by atoms with Crippen LogP contribution in [0.25, 0.3) is 0 Å². The highest BCUT2D eigenvalue weighted by molar-refractivity contribution is 7.80. The molecule has 0 aliphatic carbocycles. The van der Waals surface area contributed by atoms with E-state index in [1.165, 1.54) is 9.91 Å². The van der Waals surface area contributed by atoms with Crippen LogP contribution in [0.2, 0.25) is 0 Å². The topological polar surface area (TPSA) is 137 Å². The van der Waals surface area contributed by atoms with Gasteiger partial charge in [0.2, 0.25) is 5.91 Å². The van der Waals surface area contributed by atoms with Crippen LogP contribution in [0.15, 0.2) is 0 Å². The highest BCUT2D eigenvalue weighted by atomic mass is 32.3. The third-order valence-electron chi connectivity index (χ3n) is 4.12. The highest BCUT2D eigenvalue weighted by Crippen LogP contribution is 2.30. The number of hydrazine groups is 1. The van der Waals surface area contributed by atoms with Crippen molar-refractivity contribution in [3.8, 4) is 0 Å². The Kier molecular flexibility index (Phi) is 3.90. The normalized spacial score (nSPS) is 27.8. The van der Waals surface area contributed by atoms with E-state index in [1.807, 2.05) is 0 Å². The minimum Gasteiger partial charge on any atom is -0.309 e. The van der Waals surface area contributed by atoms with Gasteiger partial charge in [0, 0.05) is 19.5 Å². The summed E-state index contributed by atoms with van der Waals surface area (Å²) in [5, 5.41) is 1.80. The molecule has 0 aromatic rings. The number of hydrogen-bond donors (Lipinski definition) is 2. The van der Waals surface area contributed by atoms with Crippen LogP contribution in [0, 0.1) is 0 Å². The van der Waals surface area contributed by atoms with Gasteiger partial charge >= 0.3 is 16.4 Å². The number of piperidine rings is 1. The predicted molar refractivity (Wildman–Crippen MR) is 72.5 cm³/mol. The molecule has 0 aromatic carbocycles. The molecule has 3 aliphatic heterocycles. The van der Waals surface area contributed by atoms with Gasteiger partial charge in [-0.3, -0.25) is 24.6 Å². The number of urea groups is 1. The molecular weight excluding hydrogens is 332 g/mol. The average molecular weight is 348 g/mol. The van der Waals surface area contributed by atoms with Gasteiger partial charge in [0.15, 0.2) is 0 Å². The first-order valence-corrected chi connectivity index (χ1v) is 8.50. The van der Waals surface area contributed by atoms with Gasteiger partial charge < -0.3 is 4.90 Å². The first kappa shape index (κ1) is 16.0. The second-order valence-corrected chi connectivity index (χ2v) is 6.64. The smallest absolute Gasteiger partial charge is 0.309 e. The molecule has 0 spiro atoms. The van der Waals surface area contributed by atoms with Crippen molar-refractivity contribution in [3.63, 3.8) is 0 Å². The summed E-state index contributed by atoms with van der Waals surface area (Å²) in [6.45, 7) is 0.534. The van der Waals surface area contributed by atoms with Crippen molar-refractivity contribution in [2.24, 2.45) is 0 Å². The van der Waals surface area contributed by atoms with E-state index in [-0.39, 0.29) is 12.5 Å². The summed E-state index contributed by atoms with van der Waals surface area (Å²) in [4.78, 5) is 37.2. The highest BCUT2D eigenvalue weighted by Gasteiger charge is 2.49. The Morgan fingerprint density at radius 2 is 2.04 bits per heavy atom. The van der Waals surface area contributed by atoms with Crippen LogP contribution in [0.5, 0.6) is 0 Å². The van der Waals surface area contributed by atoms with Gasteiger partial charge in [0.05, 0.1) is 6.04 Å². The standard InChI is InChI=1S/C11H16N4O7S/c16-9-2-1-5-14(9)12-10(17)8-4-3-7-6-13(8)11(18)15(7)22-23(19,20)21/h7-8H,1-6H2,(H,12,17)(H,19,20,21)/t7-,8+/m1/s1. The van der Waals surface area contributed by atoms with Gasteiger partial charge in [-0.25, -0.2) is 4.79 Å². The summed E-state index contributed by atoms with van der Waals surface area (Å²) in [7, 11) is -4.82. The molecule has 0 radical (unpaired) electrons. The first-order valence-electron chi connectivity index (χ1n) is 7.14. The molecule has 3 fully saturated rings. The Morgan fingerprint density at radius 3 is 2.65 bits per heavy atom. The first-order chi connectivity index (χ1) is 10.8. The summed E-state index contributed by atoms with van der Waals surface area (Å²) in [5.41, 5.74) is 2.49. The Morgan fingerprint density at radius 1 is 1.30 bits per heavy atom. The van der Waals surface area contributed by atoms with Crippen molar-refractivity contribution >= 4 is 28.2 Å². The van der Waals surface area contributed by atoms with Gasteiger partial charge in [-0.15, -0.1) is 4.28 Å². The quantitative estimate of drug-likeness (QED) is 0.599. The van der Waals surface area contributed by atoms with Gasteiger partial charge in [0.25, 0.3) is 5.91 Å². The number of rotatable bonds is 4. The molecule has 3 aliphatic rings. The largest absolute Gasteiger partial charge is 0.418 e. The lowest BCUT2D eigenvalue weighted by atomic mass is 10.0. The Hall–Kier alpha value is -1.92. The van der Waals surface area contributed by atoms with E-state index in [9.17, 15) is 22.8 Å². The van der Waals surface area contributed by atoms with E-state index in [0.29, 0.717) is 37.3 Å². The van der Waals surface area contributed by atoms with Gasteiger partial charge in [-0.05, 0) is 19.3 Å². The van der Waals surface area contributed by atoms with Gasteiger partial charge in [-0.1, -0.05) is 0 Å². The second kappa shape index (κ2) is 5.62. The fraction of sp³-hybridized carbons (Fsp3) is 0.727. The number of fused-ring (bicyclic) bond motifs is 2. The van der Waals surface area contributed by atoms with E-state index >= 15 is 0 Å². The molecule has 0 aromatic heterocycles. The molecular formula is C11H16N4O7S. The fourth-order valence-corrected chi connectivity index (χ4v) is 3.47. The van der Waals surface area contributed by atoms with E-state index < -0.39 is 34.4 Å². The third-order valence-corrected chi connectivity index (χ3v) is 4.47. The zero-order valence-electron chi connectivity index (χ0n) is 12.0. The van der Waals surface area contributed by atoms with Gasteiger partial charge in [0.1, 0.15) is 6.04 Å². The maximum atomic E-state index is 12.3. The maximum absolute atomic E-state index is 12.3. The predicted octanol–water partition coefficient (Wildman–Crippen LogP) is -1.36. The van der Waals surface area contributed by atoms with Crippen LogP contribution in [0.4, 0.5) is 4.79 Å². The number of carbonyl (C=O) groups excluding carboxylic acids is 3. The van der Waals surface area contributed by atoms with E-state index in [2.05, 4.69) is 9.71 Å². The molecule has 128 valence electrons. The van der Waals surface area contributed by atoms with Crippen molar-refractivity contribution in [3.05, 3.63) is 0 Å². The van der Waals surface area contributed by atoms with Crippen LogP contribution in [-0.4, -0.2) is 71.0 Å². The van der Waals surface area contributed by atoms with Gasteiger partial charge in [-0.2, -0.15) is 13.5 Å². The molecule has 4 amide bonds. The Labute approximate surface area is 132 Å². The zero-order chi connectivity index (χ0) is 16.8. The fourth-order valence-electron chi connectivity index (χ4n) is 3.08. The molecule has 3 rings (SSSR count). The summed E-state index contributed by atoms with van der Waals surface area (Å²) in [5.74, 6) is -0.683. The monoisotopic (exact) mass is 348 g/mol. The minimum atomic E-state index is -4.82. The molecule has 12 heteroatoms. The van der Waals surface area contributed by atoms with Crippen molar-refractivity contribution in [2.45, 2.75) is 37.8 Å². The number of hydroxylamine groups is 2. The van der Waals surface area contributed by atoms with Crippen LogP contribution in [0.3, 0.4) is 0 Å². The average Bonchev–Trinajstić information content (AvgIpc) is 2.96. The second-order valence-electron chi connectivity index (χ2n) is 5.63. The Balaban J connectivity index is 1.68. The van der Waals surface area contributed by atoms with Crippen LogP contribution >= 0.6 is 0 Å². The lowest BCUT2D eigenvalue weighted by molar-refractivity contribution is -0.140. The maximum Gasteiger partial charge on any atom is 0.418 e. The molecule has 2 N–H and O–H groups in total. The lowest BCUT2D eigenvalue weighted by Crippen LogP contribution is -2.54. The number of amides is 4. The molecule has 11 nitrogen and oxygen atoms in total. The summed E-state index contributed by atoms with van der Waals surface area (Å²) in [6, 6.07) is -2.18. The van der Waals surface area contributed by atoms with E-state index in [4.69, 9.17) is 4.55 Å². The molecule has 2 bridgehead atoms. The Bertz CT molecular complexity index is 651. The number of carbonyl (C=O) groups is 3. The van der Waals surface area contributed by atoms with E-state index in [1.54, 1.807) is 0 Å². The molecule has 0 unspecified atom stereocenters. The number of hydrogen-bond acceptors (Lipinski definition) is 6. The van der Waals surface area contributed by atoms with Crippen molar-refractivity contribution < 1.29 is 31.6 Å². The molecule has 2 atom stereocenters. The number of nitrogens with zero attached hydrogens (tertiary/aromatic N) is 3. The molecule has 23 heavy (non-hydrogen) atoms. The molecule has 3 saturated heterocycles. The third kappa shape index (κ3) is 3.09. The number of nitrogens with one attached hydrogen (secondary N) is 1. The molecule has 3 heterocycles. The summed E-state index contributed by atoms with van der Waals surface area (Å²) in [6.07, 6.45) is 1.66. The van der Waals surface area contributed by atoms with E-state index in [0.717, 1.165) is 0 Å². The minimum absolute atomic E-state index is 0.111. The van der Waals surface area contributed by atoms with Crippen molar-refractivity contribution in [2.75, 3.05) is 13.1 Å². The SMILES string of the molecule is O=C(NN1CCCC1=O)[C@@H]1CC[C@@H]2CN1C(=O)N2OS(=O)(=O)O. The zero-order valence-corrected chi connectivity index (χ0v) is 12.9.